The number of anilines is 1. The van der Waals surface area contributed by atoms with E-state index < -0.39 is 0 Å². The molecule has 3 N–H and O–H groups in total. The van der Waals surface area contributed by atoms with Crippen molar-refractivity contribution in [2.24, 2.45) is 0 Å². The third-order valence-electron chi connectivity index (χ3n) is 1.44. The normalized spacial score (nSPS) is 9.91. The molecule has 0 saturated carbocycles. The van der Waals surface area contributed by atoms with Gasteiger partial charge in [-0.1, -0.05) is 13.3 Å². The summed E-state index contributed by atoms with van der Waals surface area (Å²) in [5.41, 5.74) is -0.0935. The van der Waals surface area contributed by atoms with Gasteiger partial charge in [-0.3, -0.25) is 15.0 Å². The largest absolute Gasteiger partial charge is 0.370 e. The summed E-state index contributed by atoms with van der Waals surface area (Å²) in [4.78, 5) is 10.6. The topological polar surface area (TPSA) is 60.7 Å². The summed E-state index contributed by atoms with van der Waals surface area (Å²) in [6.45, 7) is 3.03. The summed E-state index contributed by atoms with van der Waals surface area (Å²) in [5.74, 6) is 0.767. The van der Waals surface area contributed by atoms with Gasteiger partial charge in [0.15, 0.2) is 0 Å². The third kappa shape index (κ3) is 2.49. The van der Waals surface area contributed by atoms with E-state index >= 15 is 0 Å². The number of aromatic amines is 2. The number of aromatic nitrogens is 2. The summed E-state index contributed by atoms with van der Waals surface area (Å²) in [7, 11) is 0. The number of hydrogen-bond acceptors (Lipinski definition) is 2. The van der Waals surface area contributed by atoms with Gasteiger partial charge in [-0.2, -0.15) is 0 Å². The van der Waals surface area contributed by atoms with Gasteiger partial charge in [0.05, 0.1) is 0 Å². The van der Waals surface area contributed by atoms with Gasteiger partial charge in [0.2, 0.25) is 0 Å². The maximum atomic E-state index is 10.6. The Morgan fingerprint density at radius 3 is 2.91 bits per heavy atom. The summed E-state index contributed by atoms with van der Waals surface area (Å²) >= 11 is 0. The van der Waals surface area contributed by atoms with Gasteiger partial charge in [0, 0.05) is 12.6 Å². The minimum atomic E-state index is -0.0935. The molecule has 0 fully saturated rings. The molecule has 1 heterocycles. The predicted molar refractivity (Wildman–Crippen MR) is 44.8 cm³/mol. The van der Waals surface area contributed by atoms with Crippen molar-refractivity contribution in [3.05, 3.63) is 16.4 Å². The number of hydrogen-bond donors (Lipinski definition) is 3. The predicted octanol–water partition coefficient (Wildman–Crippen LogP) is 0.915. The SMILES string of the molecule is CCCCNc1cc(=O)[nH][nH]1. The van der Waals surface area contributed by atoms with Gasteiger partial charge in [-0.05, 0) is 6.42 Å². The lowest BCUT2D eigenvalue weighted by atomic mass is 10.3. The molecule has 0 atom stereocenters. The molecule has 0 aliphatic carbocycles. The van der Waals surface area contributed by atoms with Crippen LogP contribution in [-0.4, -0.2) is 16.7 Å². The standard InChI is InChI=1S/C7H13N3O/c1-2-3-4-8-6-5-7(11)10-9-6/h5H,2-4H2,1H3,(H3,8,9,10,11). The molecule has 0 spiro atoms. The number of unbranched alkanes of at least 4 members (excludes halogenated alkanes) is 1. The van der Waals surface area contributed by atoms with Crippen LogP contribution in [0.5, 0.6) is 0 Å². The lowest BCUT2D eigenvalue weighted by Crippen LogP contribution is -2.00. The molecule has 1 aromatic heterocycles. The molecule has 1 aromatic rings. The fourth-order valence-corrected chi connectivity index (χ4v) is 0.827. The van der Waals surface area contributed by atoms with Crippen LogP contribution in [0.3, 0.4) is 0 Å². The smallest absolute Gasteiger partial charge is 0.266 e. The Morgan fingerprint density at radius 1 is 1.55 bits per heavy atom. The highest BCUT2D eigenvalue weighted by Crippen LogP contribution is 1.95. The fraction of sp³-hybridized carbons (Fsp3) is 0.571. The second-order valence-electron chi connectivity index (χ2n) is 2.45. The number of rotatable bonds is 4. The maximum Gasteiger partial charge on any atom is 0.266 e. The molecule has 0 aliphatic rings. The van der Waals surface area contributed by atoms with E-state index in [4.69, 9.17) is 0 Å². The van der Waals surface area contributed by atoms with E-state index in [9.17, 15) is 4.79 Å². The Bertz CT molecular complexity index is 250. The van der Waals surface area contributed by atoms with Crippen LogP contribution in [0.2, 0.25) is 0 Å². The van der Waals surface area contributed by atoms with Crippen LogP contribution in [0.4, 0.5) is 5.82 Å². The number of nitrogens with one attached hydrogen (secondary N) is 3. The van der Waals surface area contributed by atoms with Crippen molar-refractivity contribution in [3.63, 3.8) is 0 Å². The van der Waals surface area contributed by atoms with E-state index in [1.807, 2.05) is 0 Å². The summed E-state index contributed by atoms with van der Waals surface area (Å²) in [6, 6.07) is 1.51. The molecule has 0 amide bonds. The molecular weight excluding hydrogens is 142 g/mol. The van der Waals surface area contributed by atoms with Crippen LogP contribution in [-0.2, 0) is 0 Å². The van der Waals surface area contributed by atoms with Crippen LogP contribution >= 0.6 is 0 Å². The van der Waals surface area contributed by atoms with Gasteiger partial charge >= 0.3 is 0 Å². The zero-order valence-electron chi connectivity index (χ0n) is 6.61. The van der Waals surface area contributed by atoms with Crippen molar-refractivity contribution in [3.8, 4) is 0 Å². The second kappa shape index (κ2) is 3.85. The lowest BCUT2D eigenvalue weighted by molar-refractivity contribution is 0.830. The Hall–Kier alpha value is -1.19. The molecule has 0 saturated heterocycles. The van der Waals surface area contributed by atoms with Crippen molar-refractivity contribution < 1.29 is 0 Å². The van der Waals surface area contributed by atoms with Crippen molar-refractivity contribution in [1.82, 2.24) is 10.2 Å². The van der Waals surface area contributed by atoms with Crippen LogP contribution in [0.1, 0.15) is 19.8 Å². The van der Waals surface area contributed by atoms with Gasteiger partial charge in [-0.25, -0.2) is 0 Å². The molecule has 0 aromatic carbocycles. The summed E-state index contributed by atoms with van der Waals surface area (Å²) < 4.78 is 0. The number of H-pyrrole nitrogens is 2. The Balaban J connectivity index is 2.33. The van der Waals surface area contributed by atoms with Crippen molar-refractivity contribution in [2.45, 2.75) is 19.8 Å². The molecule has 62 valence electrons. The van der Waals surface area contributed by atoms with Crippen LogP contribution in [0.15, 0.2) is 10.9 Å². The first-order valence-corrected chi connectivity index (χ1v) is 3.84. The van der Waals surface area contributed by atoms with Crippen LogP contribution < -0.4 is 10.9 Å². The first kappa shape index (κ1) is 7.91. The highest BCUT2D eigenvalue weighted by atomic mass is 16.1. The minimum absolute atomic E-state index is 0.0935. The Kier molecular flexibility index (Phi) is 2.77. The van der Waals surface area contributed by atoms with E-state index in [-0.39, 0.29) is 5.56 Å². The first-order valence-electron chi connectivity index (χ1n) is 3.84. The summed E-state index contributed by atoms with van der Waals surface area (Å²) in [5, 5.41) is 8.25. The van der Waals surface area contributed by atoms with E-state index in [0.717, 1.165) is 25.2 Å². The Labute approximate surface area is 65.0 Å². The molecule has 4 nitrogen and oxygen atoms in total. The molecule has 11 heavy (non-hydrogen) atoms. The summed E-state index contributed by atoms with van der Waals surface area (Å²) in [6.07, 6.45) is 2.27. The minimum Gasteiger partial charge on any atom is -0.370 e. The van der Waals surface area contributed by atoms with Crippen molar-refractivity contribution in [1.29, 1.82) is 0 Å². The molecule has 0 radical (unpaired) electrons. The molecular formula is C7H13N3O. The third-order valence-corrected chi connectivity index (χ3v) is 1.44. The van der Waals surface area contributed by atoms with Crippen LogP contribution in [0.25, 0.3) is 0 Å². The monoisotopic (exact) mass is 155 g/mol. The van der Waals surface area contributed by atoms with E-state index in [1.54, 1.807) is 0 Å². The Morgan fingerprint density at radius 2 is 2.36 bits per heavy atom. The highest BCUT2D eigenvalue weighted by molar-refractivity contribution is 5.31. The van der Waals surface area contributed by atoms with E-state index in [1.165, 1.54) is 6.07 Å². The molecule has 0 bridgehead atoms. The molecule has 0 aliphatic heterocycles. The molecule has 4 heteroatoms. The fourth-order valence-electron chi connectivity index (χ4n) is 0.827. The molecule has 0 unspecified atom stereocenters. The average molecular weight is 155 g/mol. The average Bonchev–Trinajstić information content (AvgIpc) is 2.37. The molecule has 1 rings (SSSR count). The van der Waals surface area contributed by atoms with Gasteiger partial charge in [-0.15, -0.1) is 0 Å². The van der Waals surface area contributed by atoms with E-state index in [2.05, 4.69) is 22.4 Å². The van der Waals surface area contributed by atoms with Gasteiger partial charge < -0.3 is 5.32 Å². The van der Waals surface area contributed by atoms with Gasteiger partial charge in [0.25, 0.3) is 5.56 Å². The van der Waals surface area contributed by atoms with Gasteiger partial charge in [0.1, 0.15) is 5.82 Å². The van der Waals surface area contributed by atoms with Crippen LogP contribution in [0, 0.1) is 0 Å². The van der Waals surface area contributed by atoms with E-state index in [0.29, 0.717) is 0 Å². The lowest BCUT2D eigenvalue weighted by Gasteiger charge is -1.99. The first-order chi connectivity index (χ1) is 5.33. The quantitative estimate of drug-likeness (QED) is 0.566. The van der Waals surface area contributed by atoms with Crippen molar-refractivity contribution >= 4 is 5.82 Å². The van der Waals surface area contributed by atoms with Crippen molar-refractivity contribution in [2.75, 3.05) is 11.9 Å². The zero-order valence-corrected chi connectivity index (χ0v) is 6.61. The maximum absolute atomic E-state index is 10.6. The highest BCUT2D eigenvalue weighted by Gasteiger charge is 1.92. The second-order valence-corrected chi connectivity index (χ2v) is 2.45. The zero-order chi connectivity index (χ0) is 8.10.